The zero-order valence-corrected chi connectivity index (χ0v) is 14.1. The van der Waals surface area contributed by atoms with Crippen LogP contribution in [0.1, 0.15) is 37.8 Å². The molecule has 1 aliphatic heterocycles. The van der Waals surface area contributed by atoms with Gasteiger partial charge in [0.25, 0.3) is 0 Å². The van der Waals surface area contributed by atoms with Crippen LogP contribution >= 0.6 is 11.8 Å². The van der Waals surface area contributed by atoms with Crippen LogP contribution in [0.4, 0.5) is 0 Å². The van der Waals surface area contributed by atoms with Crippen LogP contribution in [0, 0.1) is 0 Å². The van der Waals surface area contributed by atoms with Gasteiger partial charge in [0.05, 0.1) is 18.4 Å². The number of hydrogen-bond donors (Lipinski definition) is 1. The second-order valence-corrected chi connectivity index (χ2v) is 6.29. The van der Waals surface area contributed by atoms with Crippen molar-refractivity contribution in [3.05, 3.63) is 11.9 Å². The number of nitrogens with one attached hydrogen (secondary N) is 1. The second-order valence-electron chi connectivity index (χ2n) is 5.51. The van der Waals surface area contributed by atoms with Crippen LogP contribution in [0.15, 0.2) is 11.4 Å². The average molecular weight is 324 g/mol. The molecule has 2 amide bonds. The van der Waals surface area contributed by atoms with E-state index in [2.05, 4.69) is 10.3 Å². The number of rotatable bonds is 6. The summed E-state index contributed by atoms with van der Waals surface area (Å²) < 4.78 is 1.98. The van der Waals surface area contributed by atoms with Gasteiger partial charge < -0.3 is 14.8 Å². The van der Waals surface area contributed by atoms with Crippen molar-refractivity contribution in [2.24, 2.45) is 7.05 Å². The summed E-state index contributed by atoms with van der Waals surface area (Å²) in [6.07, 6.45) is 7.85. The van der Waals surface area contributed by atoms with E-state index in [1.54, 1.807) is 18.0 Å². The van der Waals surface area contributed by atoms with E-state index in [9.17, 15) is 9.59 Å². The van der Waals surface area contributed by atoms with Gasteiger partial charge in [-0.3, -0.25) is 9.59 Å². The van der Waals surface area contributed by atoms with Crippen molar-refractivity contribution in [3.63, 3.8) is 0 Å². The molecule has 0 saturated carbocycles. The van der Waals surface area contributed by atoms with Crippen molar-refractivity contribution in [1.29, 1.82) is 0 Å². The highest BCUT2D eigenvalue weighted by atomic mass is 32.2. The molecule has 0 aromatic carbocycles. The molecule has 2 rings (SSSR count). The molecule has 0 aliphatic carbocycles. The summed E-state index contributed by atoms with van der Waals surface area (Å²) in [7, 11) is 1.94. The smallest absolute Gasteiger partial charge is 0.222 e. The molecule has 6 nitrogen and oxygen atoms in total. The van der Waals surface area contributed by atoms with Crippen molar-refractivity contribution >= 4 is 23.6 Å². The minimum atomic E-state index is -0.0241. The van der Waals surface area contributed by atoms with Crippen LogP contribution in [0.25, 0.3) is 0 Å². The van der Waals surface area contributed by atoms with Gasteiger partial charge >= 0.3 is 0 Å². The topological polar surface area (TPSA) is 67.2 Å². The molecule has 1 N–H and O–H groups in total. The molecule has 0 bridgehead atoms. The Hall–Kier alpha value is -1.50. The second kappa shape index (κ2) is 8.22. The zero-order chi connectivity index (χ0) is 15.9. The molecule has 22 heavy (non-hydrogen) atoms. The standard InChI is InChI=1S/C15H24N4O2S/c1-18-12(11-17-15(18)22-2)10-16-13(20)7-9-19-8-5-3-4-6-14(19)21/h11H,3-10H2,1-2H3,(H,16,20). The molecule has 1 saturated heterocycles. The highest BCUT2D eigenvalue weighted by Crippen LogP contribution is 2.13. The van der Waals surface area contributed by atoms with Crippen molar-refractivity contribution in [2.45, 2.75) is 43.8 Å². The lowest BCUT2D eigenvalue weighted by Gasteiger charge is -2.20. The molecule has 1 aromatic rings. The maximum Gasteiger partial charge on any atom is 0.222 e. The van der Waals surface area contributed by atoms with Gasteiger partial charge in [0.15, 0.2) is 5.16 Å². The van der Waals surface area contributed by atoms with Crippen LogP contribution in [0.2, 0.25) is 0 Å². The Kier molecular flexibility index (Phi) is 6.30. The van der Waals surface area contributed by atoms with Crippen LogP contribution in [0.5, 0.6) is 0 Å². The van der Waals surface area contributed by atoms with Crippen molar-refractivity contribution in [3.8, 4) is 0 Å². The van der Waals surface area contributed by atoms with E-state index in [1.165, 1.54) is 0 Å². The monoisotopic (exact) mass is 324 g/mol. The van der Waals surface area contributed by atoms with Crippen LogP contribution in [-0.2, 0) is 23.2 Å². The summed E-state index contributed by atoms with van der Waals surface area (Å²) in [5, 5.41) is 3.83. The Balaban J connectivity index is 1.75. The lowest BCUT2D eigenvalue weighted by Crippen LogP contribution is -2.34. The fraction of sp³-hybridized carbons (Fsp3) is 0.667. The van der Waals surface area contributed by atoms with E-state index < -0.39 is 0 Å². The van der Waals surface area contributed by atoms with Gasteiger partial charge in [-0.25, -0.2) is 4.98 Å². The first-order chi connectivity index (χ1) is 10.6. The van der Waals surface area contributed by atoms with Gasteiger partial charge in [0.1, 0.15) is 0 Å². The van der Waals surface area contributed by atoms with E-state index >= 15 is 0 Å². The molecule has 1 fully saturated rings. The summed E-state index contributed by atoms with van der Waals surface area (Å²) in [6, 6.07) is 0. The lowest BCUT2D eigenvalue weighted by molar-refractivity contribution is -0.131. The first-order valence-electron chi connectivity index (χ1n) is 7.71. The molecule has 0 unspecified atom stereocenters. The Morgan fingerprint density at radius 3 is 2.95 bits per heavy atom. The van der Waals surface area contributed by atoms with Crippen molar-refractivity contribution in [2.75, 3.05) is 19.3 Å². The SMILES string of the molecule is CSc1ncc(CNC(=O)CCN2CCCCCC2=O)n1C. The van der Waals surface area contributed by atoms with Gasteiger partial charge in [-0.2, -0.15) is 0 Å². The quantitative estimate of drug-likeness (QED) is 0.806. The summed E-state index contributed by atoms with van der Waals surface area (Å²) in [6.45, 7) is 1.77. The highest BCUT2D eigenvalue weighted by Gasteiger charge is 2.17. The molecule has 0 radical (unpaired) electrons. The van der Waals surface area contributed by atoms with E-state index in [0.717, 1.165) is 36.7 Å². The summed E-state index contributed by atoms with van der Waals surface area (Å²) in [5.74, 6) is 0.158. The number of amides is 2. The summed E-state index contributed by atoms with van der Waals surface area (Å²) in [5.41, 5.74) is 0.976. The molecule has 0 spiro atoms. The minimum Gasteiger partial charge on any atom is -0.350 e. The Bertz CT molecular complexity index is 530. The number of hydrogen-bond acceptors (Lipinski definition) is 4. The molecule has 122 valence electrons. The van der Waals surface area contributed by atoms with Gasteiger partial charge in [-0.05, 0) is 19.1 Å². The normalized spacial score (nSPS) is 15.7. The molecule has 2 heterocycles. The molecule has 1 aliphatic rings. The molecule has 0 atom stereocenters. The number of carbonyl (C=O) groups is 2. The van der Waals surface area contributed by atoms with E-state index in [0.29, 0.717) is 25.9 Å². The number of carbonyl (C=O) groups excluding carboxylic acids is 2. The first kappa shape index (κ1) is 16.9. The molecular weight excluding hydrogens is 300 g/mol. The first-order valence-corrected chi connectivity index (χ1v) is 8.93. The highest BCUT2D eigenvalue weighted by molar-refractivity contribution is 7.98. The van der Waals surface area contributed by atoms with Gasteiger partial charge in [-0.15, -0.1) is 0 Å². The minimum absolute atomic E-state index is 0.0241. The maximum absolute atomic E-state index is 12.0. The third kappa shape index (κ3) is 4.50. The fourth-order valence-corrected chi connectivity index (χ4v) is 3.12. The molecule has 7 heteroatoms. The van der Waals surface area contributed by atoms with Crippen LogP contribution in [0.3, 0.4) is 0 Å². The Morgan fingerprint density at radius 2 is 2.23 bits per heavy atom. The molecular formula is C15H24N4O2S. The van der Waals surface area contributed by atoms with Crippen molar-refractivity contribution < 1.29 is 9.59 Å². The maximum atomic E-state index is 12.0. The average Bonchev–Trinajstić information content (AvgIpc) is 2.73. The number of thioether (sulfide) groups is 1. The van der Waals surface area contributed by atoms with Crippen LogP contribution in [-0.4, -0.2) is 45.6 Å². The van der Waals surface area contributed by atoms with Gasteiger partial charge in [-0.1, -0.05) is 18.2 Å². The predicted octanol–water partition coefficient (Wildman–Crippen LogP) is 1.55. The zero-order valence-electron chi connectivity index (χ0n) is 13.3. The summed E-state index contributed by atoms with van der Waals surface area (Å²) >= 11 is 1.58. The third-order valence-corrected chi connectivity index (χ3v) is 4.72. The van der Waals surface area contributed by atoms with E-state index in [4.69, 9.17) is 0 Å². The number of likely N-dealkylation sites (tertiary alicyclic amines) is 1. The number of imidazole rings is 1. The third-order valence-electron chi connectivity index (χ3n) is 3.97. The number of nitrogens with zero attached hydrogens (tertiary/aromatic N) is 3. The Labute approximate surface area is 135 Å². The summed E-state index contributed by atoms with van der Waals surface area (Å²) in [4.78, 5) is 29.9. The largest absolute Gasteiger partial charge is 0.350 e. The van der Waals surface area contributed by atoms with E-state index in [1.807, 2.05) is 22.8 Å². The van der Waals surface area contributed by atoms with Crippen LogP contribution < -0.4 is 5.32 Å². The predicted molar refractivity (Wildman–Crippen MR) is 86.5 cm³/mol. The fourth-order valence-electron chi connectivity index (χ4n) is 2.57. The van der Waals surface area contributed by atoms with Gasteiger partial charge in [0, 0.05) is 33.0 Å². The molecule has 1 aromatic heterocycles. The van der Waals surface area contributed by atoms with Gasteiger partial charge in [0.2, 0.25) is 11.8 Å². The van der Waals surface area contributed by atoms with E-state index in [-0.39, 0.29) is 11.8 Å². The number of aromatic nitrogens is 2. The van der Waals surface area contributed by atoms with Crippen molar-refractivity contribution in [1.82, 2.24) is 19.8 Å². The Morgan fingerprint density at radius 1 is 1.41 bits per heavy atom. The lowest BCUT2D eigenvalue weighted by atomic mass is 10.2.